The zero-order chi connectivity index (χ0) is 11.8. The van der Waals surface area contributed by atoms with Crippen LogP contribution in [0.2, 0.25) is 0 Å². The van der Waals surface area contributed by atoms with Crippen molar-refractivity contribution in [2.24, 2.45) is 0 Å². The molecule has 3 nitrogen and oxygen atoms in total. The fraction of sp³-hybridized carbons (Fsp3) is 0.750. The summed E-state index contributed by atoms with van der Waals surface area (Å²) in [7, 11) is 0. The monoisotopic (exact) mass is 335 g/mol. The normalized spacial score (nSPS) is 12.9. The third-order valence-corrected chi connectivity index (χ3v) is 3.23. The second-order valence-corrected chi connectivity index (χ2v) is 5.52. The average Bonchev–Trinajstić information content (AvgIpc) is 2.65. The Morgan fingerprint density at radius 3 is 2.94 bits per heavy atom. The lowest BCUT2D eigenvalue weighted by molar-refractivity contribution is 0.459. The van der Waals surface area contributed by atoms with Crippen LogP contribution in [0.25, 0.3) is 0 Å². The third-order valence-electron chi connectivity index (χ3n) is 2.68. The highest BCUT2D eigenvalue weighted by Gasteiger charge is 2.00. The Morgan fingerprint density at radius 1 is 1.50 bits per heavy atom. The van der Waals surface area contributed by atoms with Crippen LogP contribution >= 0.6 is 22.6 Å². The topological polar surface area (TPSA) is 29.9 Å². The van der Waals surface area contributed by atoms with E-state index in [-0.39, 0.29) is 0 Å². The zero-order valence-electron chi connectivity index (χ0n) is 10.2. The second kappa shape index (κ2) is 8.06. The molecule has 1 heterocycles. The number of hydrogen-bond acceptors (Lipinski definition) is 2. The predicted octanol–water partition coefficient (Wildman–Crippen LogP) is 3.05. The standard InChI is InChI=1S/C12H22IN3/c1-3-4-5-6-11(2)14-7-8-16-10-12(13)9-15-16/h9-11,14H,3-8H2,1-2H3. The molecule has 0 fully saturated rings. The predicted molar refractivity (Wildman–Crippen MR) is 76.6 cm³/mol. The minimum atomic E-state index is 0.626. The van der Waals surface area contributed by atoms with E-state index in [9.17, 15) is 0 Å². The van der Waals surface area contributed by atoms with Gasteiger partial charge < -0.3 is 5.32 Å². The highest BCUT2D eigenvalue weighted by atomic mass is 127. The van der Waals surface area contributed by atoms with Crippen LogP contribution in [0.1, 0.15) is 39.5 Å². The molecular weight excluding hydrogens is 313 g/mol. The molecule has 0 radical (unpaired) electrons. The van der Waals surface area contributed by atoms with Crippen LogP contribution in [-0.2, 0) is 6.54 Å². The number of nitrogens with one attached hydrogen (secondary N) is 1. The van der Waals surface area contributed by atoms with Crippen LogP contribution < -0.4 is 5.32 Å². The number of nitrogens with zero attached hydrogens (tertiary/aromatic N) is 2. The van der Waals surface area contributed by atoms with Gasteiger partial charge in [0.15, 0.2) is 0 Å². The summed E-state index contributed by atoms with van der Waals surface area (Å²) in [6.07, 6.45) is 9.24. The molecule has 0 saturated heterocycles. The number of rotatable bonds is 8. The van der Waals surface area contributed by atoms with Crippen LogP contribution in [0, 0.1) is 3.57 Å². The van der Waals surface area contributed by atoms with E-state index in [0.717, 1.165) is 13.1 Å². The summed E-state index contributed by atoms with van der Waals surface area (Å²) in [6.45, 7) is 6.48. The van der Waals surface area contributed by atoms with Crippen molar-refractivity contribution < 1.29 is 0 Å². The smallest absolute Gasteiger partial charge is 0.0623 e. The van der Waals surface area contributed by atoms with E-state index < -0.39 is 0 Å². The molecule has 1 aromatic heterocycles. The molecule has 0 aromatic carbocycles. The Labute approximate surface area is 112 Å². The highest BCUT2D eigenvalue weighted by molar-refractivity contribution is 14.1. The van der Waals surface area contributed by atoms with Gasteiger partial charge >= 0.3 is 0 Å². The van der Waals surface area contributed by atoms with Crippen molar-refractivity contribution in [3.05, 3.63) is 16.0 Å². The Bertz CT molecular complexity index is 286. The number of halogens is 1. The third kappa shape index (κ3) is 5.84. The minimum absolute atomic E-state index is 0.626. The van der Waals surface area contributed by atoms with Crippen LogP contribution in [0.5, 0.6) is 0 Å². The number of unbranched alkanes of at least 4 members (excludes halogenated alkanes) is 2. The Kier molecular flexibility index (Phi) is 7.03. The van der Waals surface area contributed by atoms with Crippen molar-refractivity contribution >= 4 is 22.6 Å². The fourth-order valence-corrected chi connectivity index (χ4v) is 2.13. The lowest BCUT2D eigenvalue weighted by Crippen LogP contribution is -2.29. The molecule has 0 aliphatic carbocycles. The minimum Gasteiger partial charge on any atom is -0.312 e. The first-order chi connectivity index (χ1) is 7.72. The molecule has 0 bridgehead atoms. The first-order valence-corrected chi connectivity index (χ1v) is 7.21. The van der Waals surface area contributed by atoms with Gasteiger partial charge in [0.25, 0.3) is 0 Å². The molecule has 1 unspecified atom stereocenters. The first kappa shape index (κ1) is 14.0. The van der Waals surface area contributed by atoms with Crippen molar-refractivity contribution in [1.82, 2.24) is 15.1 Å². The maximum atomic E-state index is 4.26. The van der Waals surface area contributed by atoms with E-state index in [2.05, 4.69) is 53.1 Å². The lowest BCUT2D eigenvalue weighted by atomic mass is 10.1. The largest absolute Gasteiger partial charge is 0.312 e. The lowest BCUT2D eigenvalue weighted by Gasteiger charge is -2.13. The first-order valence-electron chi connectivity index (χ1n) is 6.13. The molecule has 0 aliphatic rings. The second-order valence-electron chi connectivity index (χ2n) is 4.27. The highest BCUT2D eigenvalue weighted by Crippen LogP contribution is 2.03. The summed E-state index contributed by atoms with van der Waals surface area (Å²) >= 11 is 2.28. The van der Waals surface area contributed by atoms with Gasteiger partial charge in [-0.3, -0.25) is 4.68 Å². The SMILES string of the molecule is CCCCCC(C)NCCn1cc(I)cn1. The summed E-state index contributed by atoms with van der Waals surface area (Å²) < 4.78 is 3.20. The fourth-order valence-electron chi connectivity index (χ4n) is 1.69. The van der Waals surface area contributed by atoms with Gasteiger partial charge in [-0.25, -0.2) is 0 Å². The zero-order valence-corrected chi connectivity index (χ0v) is 12.4. The molecule has 1 rings (SSSR count). The van der Waals surface area contributed by atoms with Gasteiger partial charge in [-0.2, -0.15) is 5.10 Å². The summed E-state index contributed by atoms with van der Waals surface area (Å²) in [5.74, 6) is 0. The van der Waals surface area contributed by atoms with Gasteiger partial charge in [0.05, 0.1) is 16.3 Å². The van der Waals surface area contributed by atoms with Gasteiger partial charge in [-0.05, 0) is 35.9 Å². The summed E-state index contributed by atoms with van der Waals surface area (Å²) in [5, 5.41) is 7.79. The quantitative estimate of drug-likeness (QED) is 0.585. The molecule has 4 heteroatoms. The van der Waals surface area contributed by atoms with Gasteiger partial charge in [0.1, 0.15) is 0 Å². The average molecular weight is 335 g/mol. The Morgan fingerprint density at radius 2 is 2.31 bits per heavy atom. The molecular formula is C12H22IN3. The molecule has 0 amide bonds. The number of hydrogen-bond donors (Lipinski definition) is 1. The summed E-state index contributed by atoms with van der Waals surface area (Å²) in [4.78, 5) is 0. The molecule has 0 spiro atoms. The van der Waals surface area contributed by atoms with Gasteiger partial charge in [-0.15, -0.1) is 0 Å². The Hall–Kier alpha value is -0.100. The molecule has 0 aliphatic heterocycles. The molecule has 1 aromatic rings. The van der Waals surface area contributed by atoms with Crippen molar-refractivity contribution in [3.63, 3.8) is 0 Å². The maximum Gasteiger partial charge on any atom is 0.0623 e. The van der Waals surface area contributed by atoms with Crippen molar-refractivity contribution in [3.8, 4) is 0 Å². The van der Waals surface area contributed by atoms with Crippen molar-refractivity contribution in [2.45, 2.75) is 52.1 Å². The van der Waals surface area contributed by atoms with Crippen LogP contribution in [0.4, 0.5) is 0 Å². The van der Waals surface area contributed by atoms with Gasteiger partial charge in [0, 0.05) is 18.8 Å². The molecule has 0 saturated carbocycles. The molecule has 16 heavy (non-hydrogen) atoms. The van der Waals surface area contributed by atoms with E-state index in [4.69, 9.17) is 0 Å². The van der Waals surface area contributed by atoms with Crippen LogP contribution in [0.3, 0.4) is 0 Å². The van der Waals surface area contributed by atoms with E-state index in [1.807, 2.05) is 10.9 Å². The summed E-state index contributed by atoms with van der Waals surface area (Å²) in [6, 6.07) is 0.626. The van der Waals surface area contributed by atoms with Gasteiger partial charge in [-0.1, -0.05) is 26.2 Å². The van der Waals surface area contributed by atoms with Gasteiger partial charge in [0.2, 0.25) is 0 Å². The van der Waals surface area contributed by atoms with E-state index in [0.29, 0.717) is 6.04 Å². The summed E-state index contributed by atoms with van der Waals surface area (Å²) in [5.41, 5.74) is 0. The van der Waals surface area contributed by atoms with Crippen LogP contribution in [0.15, 0.2) is 12.4 Å². The van der Waals surface area contributed by atoms with Crippen LogP contribution in [-0.4, -0.2) is 22.4 Å². The van der Waals surface area contributed by atoms with Crippen molar-refractivity contribution in [1.29, 1.82) is 0 Å². The number of aromatic nitrogens is 2. The van der Waals surface area contributed by atoms with Crippen molar-refractivity contribution in [2.75, 3.05) is 6.54 Å². The van der Waals surface area contributed by atoms with E-state index >= 15 is 0 Å². The molecule has 92 valence electrons. The molecule has 1 N–H and O–H groups in total. The molecule has 1 atom stereocenters. The maximum absolute atomic E-state index is 4.26. The Balaban J connectivity index is 2.06. The van der Waals surface area contributed by atoms with E-state index in [1.165, 1.54) is 29.3 Å². The van der Waals surface area contributed by atoms with E-state index in [1.54, 1.807) is 0 Å².